The Morgan fingerprint density at radius 1 is 1.00 bits per heavy atom. The van der Waals surface area contributed by atoms with Crippen molar-refractivity contribution in [1.82, 2.24) is 10.2 Å². The number of hydrogen-bond donors (Lipinski definition) is 1. The molecule has 1 saturated heterocycles. The fraction of sp³-hybridized carbons (Fsp3) is 0.433. The first-order valence-corrected chi connectivity index (χ1v) is 13.0. The van der Waals surface area contributed by atoms with Gasteiger partial charge in [-0.3, -0.25) is 9.69 Å². The van der Waals surface area contributed by atoms with Crippen LogP contribution in [0.1, 0.15) is 69.5 Å². The normalized spacial score (nSPS) is 22.8. The molecular formula is C30H37N3O. The van der Waals surface area contributed by atoms with Gasteiger partial charge in [-0.1, -0.05) is 48.9 Å². The summed E-state index contributed by atoms with van der Waals surface area (Å²) in [5.41, 5.74) is 7.27. The van der Waals surface area contributed by atoms with E-state index in [0.29, 0.717) is 0 Å². The number of allylic oxidation sites excluding steroid dienone is 3. The van der Waals surface area contributed by atoms with Gasteiger partial charge in [-0.25, -0.2) is 0 Å². The van der Waals surface area contributed by atoms with Crippen molar-refractivity contribution in [2.45, 2.75) is 71.0 Å². The summed E-state index contributed by atoms with van der Waals surface area (Å²) < 4.78 is 0. The van der Waals surface area contributed by atoms with Crippen molar-refractivity contribution in [2.75, 3.05) is 18.0 Å². The Balaban J connectivity index is 1.42. The second-order valence-electron chi connectivity index (χ2n) is 10.1. The van der Waals surface area contributed by atoms with Gasteiger partial charge in [-0.2, -0.15) is 0 Å². The lowest BCUT2D eigenvalue weighted by Crippen LogP contribution is -2.44. The number of carbonyl (C=O) groups excluding carboxylic acids is 1. The number of fused-ring (bicyclic) bond motifs is 1. The summed E-state index contributed by atoms with van der Waals surface area (Å²) in [5.74, 6) is 0.110. The highest BCUT2D eigenvalue weighted by Crippen LogP contribution is 2.40. The van der Waals surface area contributed by atoms with Gasteiger partial charge >= 0.3 is 0 Å². The fourth-order valence-corrected chi connectivity index (χ4v) is 5.76. The number of nitrogens with one attached hydrogen (secondary N) is 1. The van der Waals surface area contributed by atoms with E-state index < -0.39 is 0 Å². The molecule has 2 aliphatic heterocycles. The van der Waals surface area contributed by atoms with Gasteiger partial charge in [0.05, 0.1) is 6.04 Å². The molecule has 1 N–H and O–H groups in total. The van der Waals surface area contributed by atoms with Gasteiger partial charge in [0.2, 0.25) is 5.91 Å². The van der Waals surface area contributed by atoms with Crippen molar-refractivity contribution in [2.24, 2.45) is 0 Å². The van der Waals surface area contributed by atoms with Crippen LogP contribution in [-0.4, -0.2) is 29.9 Å². The topological polar surface area (TPSA) is 35.6 Å². The molecule has 4 heteroatoms. The van der Waals surface area contributed by atoms with Crippen LogP contribution < -0.4 is 10.2 Å². The van der Waals surface area contributed by atoms with Gasteiger partial charge in [0.15, 0.2) is 0 Å². The smallest absolute Gasteiger partial charge is 0.224 e. The van der Waals surface area contributed by atoms with Crippen molar-refractivity contribution < 1.29 is 4.79 Å². The summed E-state index contributed by atoms with van der Waals surface area (Å²) in [7, 11) is 0. The van der Waals surface area contributed by atoms with Gasteiger partial charge < -0.3 is 10.2 Å². The van der Waals surface area contributed by atoms with E-state index in [0.717, 1.165) is 31.5 Å². The van der Waals surface area contributed by atoms with E-state index in [1.165, 1.54) is 60.3 Å². The van der Waals surface area contributed by atoms with Crippen LogP contribution in [0.2, 0.25) is 0 Å². The molecule has 4 nitrogen and oxygen atoms in total. The Bertz CT molecular complexity index is 1080. The average Bonchev–Trinajstić information content (AvgIpc) is 2.85. The highest BCUT2D eigenvalue weighted by atomic mass is 16.2. The number of benzene rings is 2. The van der Waals surface area contributed by atoms with Gasteiger partial charge in [0.1, 0.15) is 0 Å². The lowest BCUT2D eigenvalue weighted by molar-refractivity contribution is -0.117. The van der Waals surface area contributed by atoms with Crippen LogP contribution in [0.15, 0.2) is 66.4 Å². The molecule has 2 unspecified atom stereocenters. The largest absolute Gasteiger partial charge is 0.378 e. The van der Waals surface area contributed by atoms with Crippen LogP contribution in [0.4, 0.5) is 5.69 Å². The number of nitrogens with zero attached hydrogens (tertiary/aromatic N) is 2. The first-order valence-electron chi connectivity index (χ1n) is 13.0. The number of carbonyl (C=O) groups is 1. The molecule has 0 spiro atoms. The molecule has 0 bridgehead atoms. The minimum Gasteiger partial charge on any atom is -0.378 e. The highest BCUT2D eigenvalue weighted by molar-refractivity contribution is 5.94. The first kappa shape index (κ1) is 22.9. The molecule has 178 valence electrons. The van der Waals surface area contributed by atoms with E-state index in [9.17, 15) is 4.79 Å². The predicted molar refractivity (Wildman–Crippen MR) is 141 cm³/mol. The molecule has 0 radical (unpaired) electrons. The second kappa shape index (κ2) is 10.2. The lowest BCUT2D eigenvalue weighted by atomic mass is 9.88. The second-order valence-corrected chi connectivity index (χ2v) is 10.1. The standard InChI is InChI=1S/C30H37N3O/c1-22-19-29(31-27-9-5-3-6-10-27)28-20-26(15-16-30(28)33(22)23(2)34)25-13-11-24(12-14-25)21-32-17-7-4-8-18-32/h5,9-16,20,22,29,31H,3-4,6-8,17-19,21H2,1-2H3. The predicted octanol–water partition coefficient (Wildman–Crippen LogP) is 6.35. The molecule has 1 fully saturated rings. The zero-order valence-electron chi connectivity index (χ0n) is 20.6. The summed E-state index contributed by atoms with van der Waals surface area (Å²) >= 11 is 0. The molecule has 2 atom stereocenters. The Kier molecular flexibility index (Phi) is 6.87. The third-order valence-electron chi connectivity index (χ3n) is 7.50. The monoisotopic (exact) mass is 455 g/mol. The number of anilines is 1. The molecule has 5 rings (SSSR count). The minimum atomic E-state index is 0.110. The SMILES string of the molecule is CC(=O)N1c2ccc(-c3ccc(CN4CCCCC4)cc3)cc2C(NC2=CCCC=C2)CC1C. The fourth-order valence-electron chi connectivity index (χ4n) is 5.76. The summed E-state index contributed by atoms with van der Waals surface area (Å²) in [4.78, 5) is 17.0. The van der Waals surface area contributed by atoms with Crippen LogP contribution >= 0.6 is 0 Å². The van der Waals surface area contributed by atoms with Crippen LogP contribution in [0.5, 0.6) is 0 Å². The van der Waals surface area contributed by atoms with Crippen LogP contribution in [-0.2, 0) is 11.3 Å². The number of hydrogen-bond acceptors (Lipinski definition) is 3. The maximum atomic E-state index is 12.5. The van der Waals surface area contributed by atoms with Crippen molar-refractivity contribution >= 4 is 11.6 Å². The van der Waals surface area contributed by atoms with Gasteiger partial charge in [-0.05, 0) is 92.6 Å². The van der Waals surface area contributed by atoms with E-state index in [1.54, 1.807) is 6.92 Å². The summed E-state index contributed by atoms with van der Waals surface area (Å²) in [6.45, 7) is 7.31. The van der Waals surface area contributed by atoms with Crippen LogP contribution in [0, 0.1) is 0 Å². The van der Waals surface area contributed by atoms with Gasteiger partial charge in [0, 0.05) is 30.9 Å². The van der Waals surface area contributed by atoms with E-state index in [1.807, 2.05) is 4.90 Å². The quantitative estimate of drug-likeness (QED) is 0.571. The molecule has 0 saturated carbocycles. The Morgan fingerprint density at radius 3 is 2.47 bits per heavy atom. The molecule has 2 aromatic carbocycles. The maximum absolute atomic E-state index is 12.5. The van der Waals surface area contributed by atoms with Crippen LogP contribution in [0.25, 0.3) is 11.1 Å². The molecule has 1 amide bonds. The van der Waals surface area contributed by atoms with E-state index in [-0.39, 0.29) is 18.0 Å². The average molecular weight is 456 g/mol. The third-order valence-corrected chi connectivity index (χ3v) is 7.50. The van der Waals surface area contributed by atoms with Gasteiger partial charge in [0.25, 0.3) is 0 Å². The van der Waals surface area contributed by atoms with Crippen molar-refractivity contribution in [3.63, 3.8) is 0 Å². The maximum Gasteiger partial charge on any atom is 0.224 e. The molecular weight excluding hydrogens is 418 g/mol. The number of amides is 1. The molecule has 3 aliphatic rings. The summed E-state index contributed by atoms with van der Waals surface area (Å²) in [6.07, 6.45) is 13.8. The Morgan fingerprint density at radius 2 is 1.76 bits per heavy atom. The van der Waals surface area contributed by atoms with Crippen molar-refractivity contribution in [3.05, 3.63) is 77.5 Å². The zero-order valence-corrected chi connectivity index (χ0v) is 20.6. The molecule has 2 heterocycles. The number of likely N-dealkylation sites (tertiary alicyclic amines) is 1. The first-order chi connectivity index (χ1) is 16.6. The van der Waals surface area contributed by atoms with E-state index in [4.69, 9.17) is 0 Å². The molecule has 1 aliphatic carbocycles. The van der Waals surface area contributed by atoms with Crippen molar-refractivity contribution in [1.29, 1.82) is 0 Å². The zero-order chi connectivity index (χ0) is 23.5. The van der Waals surface area contributed by atoms with E-state index >= 15 is 0 Å². The van der Waals surface area contributed by atoms with Gasteiger partial charge in [-0.15, -0.1) is 0 Å². The summed E-state index contributed by atoms with van der Waals surface area (Å²) in [6, 6.07) is 16.0. The van der Waals surface area contributed by atoms with Crippen molar-refractivity contribution in [3.8, 4) is 11.1 Å². The number of rotatable bonds is 5. The molecule has 0 aromatic heterocycles. The summed E-state index contributed by atoms with van der Waals surface area (Å²) in [5, 5.41) is 3.77. The lowest BCUT2D eigenvalue weighted by Gasteiger charge is -2.40. The minimum absolute atomic E-state index is 0.110. The molecule has 34 heavy (non-hydrogen) atoms. The highest BCUT2D eigenvalue weighted by Gasteiger charge is 2.32. The van der Waals surface area contributed by atoms with E-state index in [2.05, 4.69) is 77.8 Å². The Labute approximate surface area is 204 Å². The molecule has 2 aromatic rings. The van der Waals surface area contributed by atoms with Crippen LogP contribution in [0.3, 0.4) is 0 Å². The number of piperidine rings is 1. The third kappa shape index (κ3) is 4.97. The Hall–Kier alpha value is -2.85.